The van der Waals surface area contributed by atoms with Crippen LogP contribution in [0.1, 0.15) is 25.0 Å². The summed E-state index contributed by atoms with van der Waals surface area (Å²) in [7, 11) is 1.51. The molecule has 2 rings (SSSR count). The number of allylic oxidation sites excluding steroid dienone is 1. The minimum atomic E-state index is -0.831. The monoisotopic (exact) mass is 403 g/mol. The first-order chi connectivity index (χ1) is 13.7. The van der Waals surface area contributed by atoms with Crippen LogP contribution in [0.4, 0.5) is 10.2 Å². The lowest BCUT2D eigenvalue weighted by atomic mass is 10.1. The highest BCUT2D eigenvalue weighted by Gasteiger charge is 2.15. The number of hydrogen-bond acceptors (Lipinski definition) is 5. The lowest BCUT2D eigenvalue weighted by molar-refractivity contribution is 0.169. The van der Waals surface area contributed by atoms with Gasteiger partial charge in [0.05, 0.1) is 24.8 Å². The van der Waals surface area contributed by atoms with Crippen LogP contribution in [0.25, 0.3) is 0 Å². The van der Waals surface area contributed by atoms with Crippen molar-refractivity contribution in [1.29, 1.82) is 0 Å². The van der Waals surface area contributed by atoms with E-state index in [1.54, 1.807) is 32.1 Å². The van der Waals surface area contributed by atoms with Crippen LogP contribution in [0.15, 0.2) is 51.0 Å². The number of aliphatic hydroxyl groups excluding tert-OH is 1. The average Bonchev–Trinajstić information content (AvgIpc) is 2.68. The maximum Gasteiger partial charge on any atom is 0.332 e. The van der Waals surface area contributed by atoms with Gasteiger partial charge in [-0.15, -0.1) is 0 Å². The Labute approximate surface area is 168 Å². The number of aliphatic imine (C=N–C) groups is 1. The molecular weight excluding hydrogens is 377 g/mol. The van der Waals surface area contributed by atoms with Gasteiger partial charge in [0.25, 0.3) is 5.56 Å². The number of hydrogen-bond donors (Lipinski definition) is 1. The third kappa shape index (κ3) is 5.74. The van der Waals surface area contributed by atoms with E-state index in [2.05, 4.69) is 4.99 Å². The maximum atomic E-state index is 13.0. The van der Waals surface area contributed by atoms with Crippen molar-refractivity contribution in [2.45, 2.75) is 39.8 Å². The Kier molecular flexibility index (Phi) is 7.67. The molecule has 2 aromatic rings. The molecular formula is C21H26FN3O4. The molecule has 29 heavy (non-hydrogen) atoms. The molecule has 1 atom stereocenters. The van der Waals surface area contributed by atoms with Crippen LogP contribution in [0.2, 0.25) is 0 Å². The van der Waals surface area contributed by atoms with Gasteiger partial charge in [0.2, 0.25) is 5.90 Å². The lowest BCUT2D eigenvalue weighted by Gasteiger charge is -2.14. The molecule has 1 aromatic heterocycles. The Balaban J connectivity index is 2.39. The molecule has 1 heterocycles. The van der Waals surface area contributed by atoms with Crippen LogP contribution in [-0.4, -0.2) is 32.8 Å². The fraction of sp³-hybridized carbons (Fsp3) is 0.381. The minimum Gasteiger partial charge on any atom is -0.478 e. The largest absolute Gasteiger partial charge is 0.478 e. The van der Waals surface area contributed by atoms with E-state index in [-0.39, 0.29) is 29.6 Å². The fourth-order valence-electron chi connectivity index (χ4n) is 2.78. The Bertz CT molecular complexity index is 981. The summed E-state index contributed by atoms with van der Waals surface area (Å²) in [6.45, 7) is 5.14. The second kappa shape index (κ2) is 9.97. The van der Waals surface area contributed by atoms with E-state index in [1.165, 1.54) is 30.7 Å². The van der Waals surface area contributed by atoms with Crippen molar-refractivity contribution in [3.63, 3.8) is 0 Å². The molecule has 0 aliphatic carbocycles. The Morgan fingerprint density at radius 1 is 1.31 bits per heavy atom. The van der Waals surface area contributed by atoms with Gasteiger partial charge >= 0.3 is 5.69 Å². The van der Waals surface area contributed by atoms with Crippen LogP contribution < -0.4 is 11.2 Å². The second-order valence-electron chi connectivity index (χ2n) is 6.67. The zero-order valence-electron chi connectivity index (χ0n) is 17.1. The molecule has 0 aliphatic heterocycles. The summed E-state index contributed by atoms with van der Waals surface area (Å²) in [5.74, 6) is 0.146. The number of ether oxygens (including phenoxy) is 1. The predicted molar refractivity (Wildman–Crippen MR) is 110 cm³/mol. The van der Waals surface area contributed by atoms with Crippen molar-refractivity contribution in [3.05, 3.63) is 74.2 Å². The average molecular weight is 403 g/mol. The van der Waals surface area contributed by atoms with Crippen molar-refractivity contribution < 1.29 is 14.2 Å². The van der Waals surface area contributed by atoms with Crippen LogP contribution in [0.3, 0.4) is 0 Å². The summed E-state index contributed by atoms with van der Waals surface area (Å²) >= 11 is 0. The van der Waals surface area contributed by atoms with Crippen LogP contribution in [0, 0.1) is 12.7 Å². The van der Waals surface area contributed by atoms with Gasteiger partial charge in [0.1, 0.15) is 11.6 Å². The number of benzene rings is 1. The van der Waals surface area contributed by atoms with E-state index in [0.717, 1.165) is 10.1 Å². The standard InChI is InChI=1S/C21H26FN3O4/c1-5-29-18(8-6-7-16-9-11-17(22)12-10-16)23-19-15(3)20(27)25(13-14(2)26)21(28)24(19)4/h6,8-12,14,26H,5,7,13H2,1-4H3/b8-6-,23-18+. The van der Waals surface area contributed by atoms with Crippen LogP contribution in [-0.2, 0) is 24.8 Å². The third-order valence-corrected chi connectivity index (χ3v) is 4.22. The van der Waals surface area contributed by atoms with Gasteiger partial charge in [-0.2, -0.15) is 4.99 Å². The second-order valence-corrected chi connectivity index (χ2v) is 6.67. The molecule has 7 nitrogen and oxygen atoms in total. The fourth-order valence-corrected chi connectivity index (χ4v) is 2.78. The van der Waals surface area contributed by atoms with Gasteiger partial charge in [0, 0.05) is 7.05 Å². The highest BCUT2D eigenvalue weighted by Crippen LogP contribution is 2.13. The molecule has 0 fully saturated rings. The normalized spacial score (nSPS) is 13.1. The lowest BCUT2D eigenvalue weighted by Crippen LogP contribution is -2.42. The number of halogens is 1. The molecule has 0 bridgehead atoms. The zero-order chi connectivity index (χ0) is 21.6. The summed E-state index contributed by atoms with van der Waals surface area (Å²) < 4.78 is 20.8. The minimum absolute atomic E-state index is 0.0910. The summed E-state index contributed by atoms with van der Waals surface area (Å²) in [4.78, 5) is 29.4. The quantitative estimate of drug-likeness (QED) is 0.568. The summed E-state index contributed by atoms with van der Waals surface area (Å²) in [5, 5.41) is 9.54. The maximum absolute atomic E-state index is 13.0. The van der Waals surface area contributed by atoms with Gasteiger partial charge in [-0.3, -0.25) is 13.9 Å². The van der Waals surface area contributed by atoms with Gasteiger partial charge < -0.3 is 9.84 Å². The van der Waals surface area contributed by atoms with E-state index in [9.17, 15) is 19.1 Å². The van der Waals surface area contributed by atoms with Crippen molar-refractivity contribution in [3.8, 4) is 0 Å². The summed E-state index contributed by atoms with van der Waals surface area (Å²) in [5.41, 5.74) is 0.130. The SMILES string of the molecule is CCOC(/C=C\Cc1ccc(F)cc1)=N/c1c(C)c(=O)n(CC(C)O)c(=O)n1C. The zero-order valence-corrected chi connectivity index (χ0v) is 17.1. The first-order valence-electron chi connectivity index (χ1n) is 9.35. The van der Waals surface area contributed by atoms with Crippen molar-refractivity contribution in [2.75, 3.05) is 6.61 Å². The summed E-state index contributed by atoms with van der Waals surface area (Å²) in [6, 6.07) is 6.16. The van der Waals surface area contributed by atoms with Crippen LogP contribution in [0.5, 0.6) is 0 Å². The van der Waals surface area contributed by atoms with E-state index >= 15 is 0 Å². The van der Waals surface area contributed by atoms with Gasteiger partial charge in [0.15, 0.2) is 0 Å². The number of aromatic nitrogens is 2. The molecule has 1 aromatic carbocycles. The smallest absolute Gasteiger partial charge is 0.332 e. The highest BCUT2D eigenvalue weighted by atomic mass is 19.1. The molecule has 1 unspecified atom stereocenters. The molecule has 1 N–H and O–H groups in total. The van der Waals surface area contributed by atoms with Crippen molar-refractivity contribution in [2.24, 2.45) is 12.0 Å². The molecule has 0 saturated carbocycles. The summed E-state index contributed by atoms with van der Waals surface area (Å²) in [6.07, 6.45) is 3.17. The predicted octanol–water partition coefficient (Wildman–Crippen LogP) is 2.24. The Hall–Kier alpha value is -3.00. The number of rotatable bonds is 7. The topological polar surface area (TPSA) is 85.8 Å². The molecule has 0 amide bonds. The molecule has 0 radical (unpaired) electrons. The van der Waals surface area contributed by atoms with Gasteiger partial charge in [-0.25, -0.2) is 9.18 Å². The number of aliphatic hydroxyl groups is 1. The van der Waals surface area contributed by atoms with E-state index in [1.807, 2.05) is 6.08 Å². The van der Waals surface area contributed by atoms with E-state index < -0.39 is 17.4 Å². The van der Waals surface area contributed by atoms with Crippen molar-refractivity contribution >= 4 is 11.7 Å². The van der Waals surface area contributed by atoms with Crippen molar-refractivity contribution in [1.82, 2.24) is 9.13 Å². The first kappa shape index (κ1) is 22.3. The molecule has 8 heteroatoms. The van der Waals surface area contributed by atoms with Gasteiger partial charge in [-0.05, 0) is 51.0 Å². The molecule has 0 saturated heterocycles. The first-order valence-corrected chi connectivity index (χ1v) is 9.35. The molecule has 156 valence electrons. The van der Waals surface area contributed by atoms with Gasteiger partial charge in [-0.1, -0.05) is 18.2 Å². The Morgan fingerprint density at radius 3 is 2.55 bits per heavy atom. The van der Waals surface area contributed by atoms with E-state index in [4.69, 9.17) is 4.74 Å². The highest BCUT2D eigenvalue weighted by molar-refractivity contribution is 5.89. The molecule has 0 spiro atoms. The number of nitrogens with zero attached hydrogens (tertiary/aromatic N) is 3. The van der Waals surface area contributed by atoms with E-state index in [0.29, 0.717) is 13.0 Å². The van der Waals surface area contributed by atoms with Crippen LogP contribution >= 0.6 is 0 Å². The Morgan fingerprint density at radius 2 is 1.97 bits per heavy atom. The molecule has 0 aliphatic rings. The third-order valence-electron chi connectivity index (χ3n) is 4.22.